The van der Waals surface area contributed by atoms with Crippen molar-refractivity contribution in [1.29, 1.82) is 0 Å². The molecule has 1 aliphatic carbocycles. The number of aromatic nitrogens is 2. The van der Waals surface area contributed by atoms with Gasteiger partial charge in [-0.15, -0.1) is 6.42 Å². The van der Waals surface area contributed by atoms with E-state index in [-0.39, 0.29) is 68.0 Å². The molecule has 9 nitrogen and oxygen atoms in total. The van der Waals surface area contributed by atoms with Crippen LogP contribution in [0, 0.1) is 40.6 Å². The minimum absolute atomic E-state index is 0.00344. The van der Waals surface area contributed by atoms with E-state index >= 15 is 8.78 Å². The molecule has 4 aromatic rings. The number of anilines is 1. The van der Waals surface area contributed by atoms with Crippen LogP contribution in [0.3, 0.4) is 0 Å². The van der Waals surface area contributed by atoms with Gasteiger partial charge in [0.05, 0.1) is 23.1 Å². The highest BCUT2D eigenvalue weighted by Gasteiger charge is 2.48. The second kappa shape index (κ2) is 12.5. The van der Waals surface area contributed by atoms with Crippen LogP contribution in [-0.4, -0.2) is 83.8 Å². The predicted molar refractivity (Wildman–Crippen MR) is 192 cm³/mol. The molecule has 270 valence electrons. The number of terminal acetylenes is 1. The highest BCUT2D eigenvalue weighted by Crippen LogP contribution is 2.48. The summed E-state index contributed by atoms with van der Waals surface area (Å²) in [4.78, 5) is 26.6. The van der Waals surface area contributed by atoms with Crippen LogP contribution in [0.15, 0.2) is 30.3 Å². The van der Waals surface area contributed by atoms with Crippen LogP contribution >= 0.6 is 0 Å². The van der Waals surface area contributed by atoms with Gasteiger partial charge < -0.3 is 30.3 Å². The van der Waals surface area contributed by atoms with Crippen molar-refractivity contribution in [1.82, 2.24) is 25.5 Å². The molecule has 12 heteroatoms. The number of amides is 1. The van der Waals surface area contributed by atoms with Gasteiger partial charge in [-0.1, -0.05) is 12.0 Å². The third kappa shape index (κ3) is 5.69. The highest BCUT2D eigenvalue weighted by atomic mass is 19.1. The summed E-state index contributed by atoms with van der Waals surface area (Å²) in [6.07, 6.45) is 13.3. The lowest BCUT2D eigenvalue weighted by molar-refractivity contribution is -0.136. The van der Waals surface area contributed by atoms with Crippen LogP contribution in [0.25, 0.3) is 32.8 Å². The highest BCUT2D eigenvalue weighted by molar-refractivity contribution is 6.04. The molecule has 2 bridgehead atoms. The largest absolute Gasteiger partial charge is 0.508 e. The Kier molecular flexibility index (Phi) is 8.01. The molecule has 3 N–H and O–H groups in total. The first-order valence-corrected chi connectivity index (χ1v) is 18.4. The zero-order valence-electron chi connectivity index (χ0n) is 28.9. The van der Waals surface area contributed by atoms with Gasteiger partial charge in [0.1, 0.15) is 28.7 Å². The lowest BCUT2D eigenvalue weighted by Crippen LogP contribution is -2.52. The summed E-state index contributed by atoms with van der Waals surface area (Å²) >= 11 is 0. The minimum atomic E-state index is -0.976. The Bertz CT molecular complexity index is 2150. The number of aromatic hydroxyl groups is 1. The van der Waals surface area contributed by atoms with E-state index in [0.29, 0.717) is 30.9 Å². The van der Waals surface area contributed by atoms with Gasteiger partial charge in [-0.3, -0.25) is 4.79 Å². The van der Waals surface area contributed by atoms with Crippen molar-refractivity contribution in [2.75, 3.05) is 50.8 Å². The predicted octanol–water partition coefficient (Wildman–Crippen LogP) is 5.65. The molecule has 5 aliphatic rings. The van der Waals surface area contributed by atoms with Crippen LogP contribution in [0.5, 0.6) is 11.8 Å². The number of piperazine rings is 1. The summed E-state index contributed by atoms with van der Waals surface area (Å²) in [5.74, 6) is 0.0660. The quantitative estimate of drug-likeness (QED) is 0.212. The molecule has 5 fully saturated rings. The number of nitrogens with zero attached hydrogens (tertiary/aromatic N) is 4. The molecular formula is C40H41F3N6O3. The van der Waals surface area contributed by atoms with Gasteiger partial charge in [0, 0.05) is 60.0 Å². The van der Waals surface area contributed by atoms with Gasteiger partial charge in [0.25, 0.3) is 0 Å². The number of nitrogens with one attached hydrogen (secondary N) is 2. The second-order valence-corrected chi connectivity index (χ2v) is 15.7. The molecule has 1 amide bonds. The number of fused-ring (bicyclic) bond motifs is 4. The number of carbonyl (C=O) groups is 1. The van der Waals surface area contributed by atoms with Gasteiger partial charge in [-0.05, 0) is 94.1 Å². The lowest BCUT2D eigenvalue weighted by atomic mass is 9.72. The molecule has 9 rings (SSSR count). The zero-order valence-corrected chi connectivity index (χ0v) is 28.9. The Morgan fingerprint density at radius 3 is 2.48 bits per heavy atom. The summed E-state index contributed by atoms with van der Waals surface area (Å²) in [7, 11) is 0. The number of halogens is 3. The second-order valence-electron chi connectivity index (χ2n) is 15.7. The Morgan fingerprint density at radius 1 is 1.00 bits per heavy atom. The maximum atomic E-state index is 17.0. The molecule has 4 aliphatic heterocycles. The minimum Gasteiger partial charge on any atom is -0.508 e. The Labute approximate surface area is 299 Å². The van der Waals surface area contributed by atoms with E-state index in [1.165, 1.54) is 30.3 Å². The monoisotopic (exact) mass is 710 g/mol. The fourth-order valence-electron chi connectivity index (χ4n) is 9.21. The van der Waals surface area contributed by atoms with Gasteiger partial charge in [-0.2, -0.15) is 9.97 Å². The van der Waals surface area contributed by atoms with Crippen molar-refractivity contribution in [2.24, 2.45) is 10.8 Å². The molecule has 52 heavy (non-hydrogen) atoms. The number of hydrogen-bond acceptors (Lipinski definition) is 8. The van der Waals surface area contributed by atoms with E-state index < -0.39 is 23.0 Å². The average molecular weight is 711 g/mol. The number of likely N-dealkylation sites (tertiary alicyclic amines) is 1. The Balaban J connectivity index is 1.07. The van der Waals surface area contributed by atoms with Gasteiger partial charge in [0.15, 0.2) is 5.82 Å². The molecule has 2 unspecified atom stereocenters. The molecule has 5 heterocycles. The van der Waals surface area contributed by atoms with E-state index in [2.05, 4.69) is 31.3 Å². The number of ether oxygens (including phenoxy) is 1. The van der Waals surface area contributed by atoms with E-state index in [1.807, 2.05) is 0 Å². The third-order valence-corrected chi connectivity index (χ3v) is 12.3. The molecule has 0 radical (unpaired) electrons. The number of phenols is 1. The topological polar surface area (TPSA) is 103 Å². The summed E-state index contributed by atoms with van der Waals surface area (Å²) in [6.45, 7) is 4.87. The number of carbonyl (C=O) groups excluding carboxylic acids is 1. The first kappa shape index (κ1) is 33.3. The van der Waals surface area contributed by atoms with Crippen molar-refractivity contribution >= 4 is 33.4 Å². The van der Waals surface area contributed by atoms with E-state index in [0.717, 1.165) is 77.5 Å². The standard InChI is InChI=1S/C40H41F3N6O3/c1-2-27-30(41)7-4-23-16-26(50)17-28(32(23)27)33-31(42)18-29-35(34(33)43)46-38(47-36(29)49-19-24-5-6-25(20-49)45-24)52-22-39(9-10-39)21-48-14-11-40(12-15-48)8-3-13-44-37(40)51/h1,4,7,16-18,24-25,45,50H,3,5-6,8-15,19-22H2,(H,44,51). The van der Waals surface area contributed by atoms with Crippen molar-refractivity contribution in [3.63, 3.8) is 0 Å². The van der Waals surface area contributed by atoms with Gasteiger partial charge >= 0.3 is 6.01 Å². The zero-order chi connectivity index (χ0) is 35.8. The van der Waals surface area contributed by atoms with Crippen molar-refractivity contribution in [2.45, 2.75) is 63.5 Å². The average Bonchev–Trinajstić information content (AvgIpc) is 3.82. The van der Waals surface area contributed by atoms with Crippen LogP contribution in [-0.2, 0) is 4.79 Å². The van der Waals surface area contributed by atoms with Crippen LogP contribution in [0.4, 0.5) is 19.0 Å². The number of piperidine rings is 2. The Hall–Kier alpha value is -4.60. The molecule has 2 atom stereocenters. The fourth-order valence-corrected chi connectivity index (χ4v) is 9.21. The summed E-state index contributed by atoms with van der Waals surface area (Å²) < 4.78 is 54.6. The van der Waals surface area contributed by atoms with Gasteiger partial charge in [-0.25, -0.2) is 13.2 Å². The SMILES string of the molecule is C#Cc1c(F)ccc2cc(O)cc(-c3c(F)cc4c(N5CC6CCC(C5)N6)nc(OCC5(CN6CCC7(CCCNC7=O)CC6)CC5)nc4c3F)c12. The van der Waals surface area contributed by atoms with Crippen molar-refractivity contribution < 1.29 is 27.8 Å². The third-order valence-electron chi connectivity index (χ3n) is 12.3. The van der Waals surface area contributed by atoms with Crippen LogP contribution in [0.2, 0.25) is 0 Å². The Morgan fingerprint density at radius 2 is 1.77 bits per heavy atom. The molecule has 1 saturated carbocycles. The summed E-state index contributed by atoms with van der Waals surface area (Å²) in [5.41, 5.74) is -1.18. The maximum Gasteiger partial charge on any atom is 0.319 e. The normalized spacial score (nSPS) is 23.6. The number of rotatable bonds is 7. The summed E-state index contributed by atoms with van der Waals surface area (Å²) in [6, 6.07) is 6.85. The molecule has 4 saturated heterocycles. The van der Waals surface area contributed by atoms with Gasteiger partial charge in [0.2, 0.25) is 5.91 Å². The number of benzene rings is 3. The van der Waals surface area contributed by atoms with Crippen LogP contribution in [0.1, 0.15) is 56.9 Å². The fraction of sp³-hybridized carbons (Fsp3) is 0.475. The van der Waals surface area contributed by atoms with Crippen molar-refractivity contribution in [3.05, 3.63) is 53.3 Å². The number of phenolic OH excluding ortho intramolecular Hbond substituents is 1. The maximum absolute atomic E-state index is 17.0. The molecule has 1 spiro atoms. The van der Waals surface area contributed by atoms with Crippen molar-refractivity contribution in [3.8, 4) is 35.2 Å². The molecule has 3 aromatic carbocycles. The molecular weight excluding hydrogens is 669 g/mol. The number of hydrogen-bond donors (Lipinski definition) is 3. The van der Waals surface area contributed by atoms with E-state index in [1.54, 1.807) is 0 Å². The van der Waals surface area contributed by atoms with E-state index in [4.69, 9.17) is 16.1 Å². The lowest BCUT2D eigenvalue weighted by Gasteiger charge is -2.43. The van der Waals surface area contributed by atoms with Crippen LogP contribution < -0.4 is 20.3 Å². The summed E-state index contributed by atoms with van der Waals surface area (Å²) in [5, 5.41) is 17.9. The van der Waals surface area contributed by atoms with E-state index in [9.17, 15) is 14.3 Å². The smallest absolute Gasteiger partial charge is 0.319 e. The molecule has 1 aromatic heterocycles. The first-order chi connectivity index (χ1) is 25.1. The first-order valence-electron chi connectivity index (χ1n) is 18.4.